The molecule has 0 atom stereocenters. The highest BCUT2D eigenvalue weighted by Crippen LogP contribution is 2.27. The van der Waals surface area contributed by atoms with E-state index in [0.29, 0.717) is 33.5 Å². The molecule has 9 nitrogen and oxygen atoms in total. The summed E-state index contributed by atoms with van der Waals surface area (Å²) in [5.74, 6) is 0.0399. The van der Waals surface area contributed by atoms with E-state index < -0.39 is 5.97 Å². The summed E-state index contributed by atoms with van der Waals surface area (Å²) < 4.78 is 11.4. The average molecular weight is 446 g/mol. The number of nitrogens with one attached hydrogen (secondary N) is 1. The molecule has 0 fully saturated rings. The van der Waals surface area contributed by atoms with Crippen LogP contribution in [0.4, 0.5) is 5.69 Å². The van der Waals surface area contributed by atoms with Crippen LogP contribution in [0.2, 0.25) is 0 Å². The van der Waals surface area contributed by atoms with Crippen LogP contribution < -0.4 is 10.9 Å². The number of nitrogens with zero attached hydrogens (tertiary/aromatic N) is 3. The Kier molecular flexibility index (Phi) is 6.03. The second-order valence-corrected chi connectivity index (χ2v) is 7.73. The van der Waals surface area contributed by atoms with E-state index in [1.165, 1.54) is 17.7 Å². The maximum atomic E-state index is 13.0. The van der Waals surface area contributed by atoms with Crippen molar-refractivity contribution >= 4 is 28.5 Å². The van der Waals surface area contributed by atoms with Crippen LogP contribution in [0.15, 0.2) is 63.9 Å². The highest BCUT2D eigenvalue weighted by atomic mass is 16.5. The number of benzene rings is 2. The number of carbonyl (C=O) groups is 2. The fourth-order valence-electron chi connectivity index (χ4n) is 3.41. The van der Waals surface area contributed by atoms with Gasteiger partial charge in [-0.25, -0.2) is 4.79 Å². The highest BCUT2D eigenvalue weighted by Gasteiger charge is 2.18. The van der Waals surface area contributed by atoms with Gasteiger partial charge in [-0.05, 0) is 30.3 Å². The Morgan fingerprint density at radius 3 is 2.52 bits per heavy atom. The van der Waals surface area contributed by atoms with E-state index >= 15 is 0 Å². The third-order valence-corrected chi connectivity index (χ3v) is 5.10. The van der Waals surface area contributed by atoms with Crippen molar-refractivity contribution in [3.05, 3.63) is 76.3 Å². The molecule has 2 aromatic heterocycles. The number of hydrogen-bond acceptors (Lipinski definition) is 7. The third-order valence-electron chi connectivity index (χ3n) is 5.10. The molecule has 4 aromatic rings. The first-order valence-corrected chi connectivity index (χ1v) is 10.3. The quantitative estimate of drug-likeness (QED) is 0.450. The zero-order valence-corrected chi connectivity index (χ0v) is 18.4. The van der Waals surface area contributed by atoms with Gasteiger partial charge in [0.1, 0.15) is 6.54 Å². The highest BCUT2D eigenvalue weighted by molar-refractivity contribution is 5.96. The molecule has 0 radical (unpaired) electrons. The monoisotopic (exact) mass is 446 g/mol. The van der Waals surface area contributed by atoms with Gasteiger partial charge < -0.3 is 14.6 Å². The standard InChI is InChI=1S/C24H22N4O5/c1-14(2)22-26-23(33-27-22)18-12-21(30)28(19-7-5-4-6-17(18)19)13-20(29)25-16-10-8-15(9-11-16)24(31)32-3/h4-12,14H,13H2,1-3H3,(H,25,29). The van der Waals surface area contributed by atoms with E-state index in [4.69, 9.17) is 4.52 Å². The zero-order valence-electron chi connectivity index (χ0n) is 18.4. The van der Waals surface area contributed by atoms with E-state index in [2.05, 4.69) is 20.2 Å². The maximum Gasteiger partial charge on any atom is 0.337 e. The summed E-state index contributed by atoms with van der Waals surface area (Å²) in [5, 5.41) is 7.43. The van der Waals surface area contributed by atoms with Gasteiger partial charge in [0.05, 0.1) is 23.8 Å². The predicted molar refractivity (Wildman–Crippen MR) is 122 cm³/mol. The lowest BCUT2D eigenvalue weighted by Gasteiger charge is -2.12. The lowest BCUT2D eigenvalue weighted by Crippen LogP contribution is -2.27. The van der Waals surface area contributed by atoms with Crippen LogP contribution in [0, 0.1) is 0 Å². The minimum absolute atomic E-state index is 0.0829. The van der Waals surface area contributed by atoms with Gasteiger partial charge in [-0.15, -0.1) is 0 Å². The van der Waals surface area contributed by atoms with Crippen molar-refractivity contribution in [2.24, 2.45) is 0 Å². The Balaban J connectivity index is 1.63. The molecule has 1 N–H and O–H groups in total. The molecule has 0 saturated carbocycles. The summed E-state index contributed by atoms with van der Waals surface area (Å²) in [6, 6.07) is 14.9. The number of para-hydroxylation sites is 1. The number of aromatic nitrogens is 3. The molecule has 2 heterocycles. The fourth-order valence-corrected chi connectivity index (χ4v) is 3.41. The van der Waals surface area contributed by atoms with Gasteiger partial charge in [0, 0.05) is 23.1 Å². The number of ether oxygens (including phenoxy) is 1. The second kappa shape index (κ2) is 9.07. The average Bonchev–Trinajstić information content (AvgIpc) is 3.31. The molecule has 0 bridgehead atoms. The minimum Gasteiger partial charge on any atom is -0.465 e. The molecular weight excluding hydrogens is 424 g/mol. The summed E-state index contributed by atoms with van der Waals surface area (Å²) >= 11 is 0. The number of fused-ring (bicyclic) bond motifs is 1. The molecule has 0 aliphatic carbocycles. The van der Waals surface area contributed by atoms with Gasteiger partial charge in [-0.3, -0.25) is 14.2 Å². The number of amides is 1. The minimum atomic E-state index is -0.465. The van der Waals surface area contributed by atoms with Crippen molar-refractivity contribution in [1.82, 2.24) is 14.7 Å². The Bertz CT molecular complexity index is 1390. The van der Waals surface area contributed by atoms with Gasteiger partial charge >= 0.3 is 5.97 Å². The van der Waals surface area contributed by atoms with Crippen molar-refractivity contribution < 1.29 is 18.8 Å². The Labute approximate surface area is 189 Å². The van der Waals surface area contributed by atoms with Crippen LogP contribution in [0.5, 0.6) is 0 Å². The smallest absolute Gasteiger partial charge is 0.337 e. The summed E-state index contributed by atoms with van der Waals surface area (Å²) in [5.41, 5.74) is 1.58. The normalized spacial score (nSPS) is 11.0. The first-order valence-electron chi connectivity index (χ1n) is 10.3. The Hall–Kier alpha value is -4.27. The number of methoxy groups -OCH3 is 1. The van der Waals surface area contributed by atoms with Crippen LogP contribution >= 0.6 is 0 Å². The summed E-state index contributed by atoms with van der Waals surface area (Å²) in [7, 11) is 1.30. The molecule has 0 spiro atoms. The topological polar surface area (TPSA) is 116 Å². The molecule has 0 aliphatic rings. The Morgan fingerprint density at radius 2 is 1.85 bits per heavy atom. The maximum absolute atomic E-state index is 13.0. The van der Waals surface area contributed by atoms with Crippen molar-refractivity contribution in [1.29, 1.82) is 0 Å². The first-order chi connectivity index (χ1) is 15.9. The van der Waals surface area contributed by atoms with E-state index in [1.54, 1.807) is 36.4 Å². The van der Waals surface area contributed by atoms with E-state index in [0.717, 1.165) is 0 Å². The van der Waals surface area contributed by atoms with Crippen molar-refractivity contribution in [2.75, 3.05) is 12.4 Å². The second-order valence-electron chi connectivity index (χ2n) is 7.73. The van der Waals surface area contributed by atoms with Crippen LogP contribution in [-0.2, 0) is 16.1 Å². The first kappa shape index (κ1) is 21.9. The van der Waals surface area contributed by atoms with Gasteiger partial charge in [0.25, 0.3) is 11.4 Å². The molecule has 9 heteroatoms. The zero-order chi connectivity index (χ0) is 23.5. The van der Waals surface area contributed by atoms with Crippen LogP contribution in [0.3, 0.4) is 0 Å². The largest absolute Gasteiger partial charge is 0.465 e. The van der Waals surface area contributed by atoms with Gasteiger partial charge in [0.2, 0.25) is 5.91 Å². The van der Waals surface area contributed by atoms with Gasteiger partial charge in [0.15, 0.2) is 5.82 Å². The molecular formula is C24H22N4O5. The van der Waals surface area contributed by atoms with Crippen molar-refractivity contribution in [3.8, 4) is 11.5 Å². The molecule has 168 valence electrons. The van der Waals surface area contributed by atoms with Gasteiger partial charge in [-0.1, -0.05) is 37.2 Å². The summed E-state index contributed by atoms with van der Waals surface area (Å²) in [4.78, 5) is 41.6. The number of hydrogen-bond donors (Lipinski definition) is 1. The number of carbonyl (C=O) groups excluding carboxylic acids is 2. The lowest BCUT2D eigenvalue weighted by atomic mass is 10.1. The van der Waals surface area contributed by atoms with Crippen LogP contribution in [0.25, 0.3) is 22.4 Å². The van der Waals surface area contributed by atoms with E-state index in [-0.39, 0.29) is 29.8 Å². The molecule has 0 saturated heterocycles. The predicted octanol–water partition coefficient (Wildman–Crippen LogP) is 3.60. The lowest BCUT2D eigenvalue weighted by molar-refractivity contribution is -0.116. The SMILES string of the molecule is COC(=O)c1ccc(NC(=O)Cn2c(=O)cc(-c3nc(C(C)C)no3)c3ccccc32)cc1. The van der Waals surface area contributed by atoms with E-state index in [1.807, 2.05) is 26.0 Å². The summed E-state index contributed by atoms with van der Waals surface area (Å²) in [6.07, 6.45) is 0. The van der Waals surface area contributed by atoms with Crippen LogP contribution in [0.1, 0.15) is 35.9 Å². The number of rotatable bonds is 6. The van der Waals surface area contributed by atoms with Crippen LogP contribution in [-0.4, -0.2) is 33.7 Å². The Morgan fingerprint density at radius 1 is 1.12 bits per heavy atom. The fraction of sp³-hybridized carbons (Fsp3) is 0.208. The van der Waals surface area contributed by atoms with Crippen molar-refractivity contribution in [2.45, 2.75) is 26.3 Å². The molecule has 33 heavy (non-hydrogen) atoms. The third kappa shape index (κ3) is 4.52. The molecule has 0 aliphatic heterocycles. The molecule has 1 amide bonds. The number of esters is 1. The molecule has 0 unspecified atom stereocenters. The molecule has 2 aromatic carbocycles. The molecule has 4 rings (SSSR count). The number of pyridine rings is 1. The van der Waals surface area contributed by atoms with Gasteiger partial charge in [-0.2, -0.15) is 4.98 Å². The van der Waals surface area contributed by atoms with Crippen molar-refractivity contribution in [3.63, 3.8) is 0 Å². The van der Waals surface area contributed by atoms with E-state index in [9.17, 15) is 14.4 Å². The number of anilines is 1. The summed E-state index contributed by atoms with van der Waals surface area (Å²) in [6.45, 7) is 3.71.